The molecule has 168 valence electrons. The number of imidazole rings is 1. The number of ether oxygens (including phenoxy) is 2. The lowest BCUT2D eigenvalue weighted by Crippen LogP contribution is -2.31. The highest BCUT2D eigenvalue weighted by atomic mass is 16.6. The number of hydrogen-bond donors (Lipinski definition) is 0. The third-order valence-corrected chi connectivity index (χ3v) is 5.85. The van der Waals surface area contributed by atoms with Crippen molar-refractivity contribution in [2.45, 2.75) is 59.0 Å². The molecule has 6 heteroatoms. The van der Waals surface area contributed by atoms with Gasteiger partial charge in [-0.1, -0.05) is 24.3 Å². The first-order valence-corrected chi connectivity index (χ1v) is 11.1. The van der Waals surface area contributed by atoms with Crippen molar-refractivity contribution >= 4 is 17.4 Å². The summed E-state index contributed by atoms with van der Waals surface area (Å²) in [5, 5.41) is 0. The highest BCUT2D eigenvalue weighted by Gasteiger charge is 2.41. The molecule has 0 unspecified atom stereocenters. The number of pyridine rings is 1. The Bertz CT molecular complexity index is 1170. The lowest BCUT2D eigenvalue weighted by molar-refractivity contribution is -0.160. The molecule has 0 saturated heterocycles. The summed E-state index contributed by atoms with van der Waals surface area (Å²) < 4.78 is 13.2. The number of Topliss-reactive ketones (excluding diaryl/α,β-unsaturated/α-hetero) is 1. The molecule has 0 bridgehead atoms. The lowest BCUT2D eigenvalue weighted by Gasteiger charge is -2.25. The molecular weight excluding hydrogens is 404 g/mol. The standard InChI is InChI=1S/C26H30N2O4/c1-6-31-22-12-9-13-28-23(16(2)27-24(22)28)21(29)15-19-18-11-8-7-10-17(18)14-20(19)25(30)32-26(3,4)5/h7-13,19-20H,6,14-15H2,1-5H3/t19-,20-/m0/s1. The van der Waals surface area contributed by atoms with Crippen molar-refractivity contribution < 1.29 is 19.1 Å². The minimum atomic E-state index is -0.575. The maximum atomic E-state index is 13.6. The molecule has 0 spiro atoms. The van der Waals surface area contributed by atoms with E-state index in [0.717, 1.165) is 11.1 Å². The van der Waals surface area contributed by atoms with Crippen molar-refractivity contribution in [2.24, 2.45) is 5.92 Å². The smallest absolute Gasteiger partial charge is 0.310 e. The molecule has 0 N–H and O–H groups in total. The molecule has 2 atom stereocenters. The van der Waals surface area contributed by atoms with E-state index < -0.39 is 5.60 Å². The Balaban J connectivity index is 1.68. The van der Waals surface area contributed by atoms with Gasteiger partial charge in [0.05, 0.1) is 18.2 Å². The fraction of sp³-hybridized carbons (Fsp3) is 0.423. The molecule has 3 aromatic rings. The molecule has 1 aliphatic carbocycles. The van der Waals surface area contributed by atoms with Gasteiger partial charge in [-0.25, -0.2) is 4.98 Å². The van der Waals surface area contributed by atoms with Crippen LogP contribution in [0.5, 0.6) is 5.75 Å². The second-order valence-corrected chi connectivity index (χ2v) is 9.32. The summed E-state index contributed by atoms with van der Waals surface area (Å²) in [5.41, 5.74) is 3.41. The zero-order chi connectivity index (χ0) is 23.0. The minimum Gasteiger partial charge on any atom is -0.490 e. The van der Waals surface area contributed by atoms with E-state index in [9.17, 15) is 9.59 Å². The molecule has 1 aliphatic rings. The van der Waals surface area contributed by atoms with E-state index in [4.69, 9.17) is 9.47 Å². The second-order valence-electron chi connectivity index (χ2n) is 9.32. The maximum Gasteiger partial charge on any atom is 0.310 e. The van der Waals surface area contributed by atoms with E-state index in [1.54, 1.807) is 4.40 Å². The molecule has 0 radical (unpaired) electrons. The van der Waals surface area contributed by atoms with Crippen LogP contribution in [0.2, 0.25) is 0 Å². The van der Waals surface area contributed by atoms with Gasteiger partial charge in [0.1, 0.15) is 11.3 Å². The number of rotatable bonds is 6. The van der Waals surface area contributed by atoms with Crippen LogP contribution < -0.4 is 4.74 Å². The largest absolute Gasteiger partial charge is 0.490 e. The first-order chi connectivity index (χ1) is 15.2. The molecule has 6 nitrogen and oxygen atoms in total. The number of carbonyl (C=O) groups excluding carboxylic acids is 2. The topological polar surface area (TPSA) is 69.9 Å². The Morgan fingerprint density at radius 3 is 2.62 bits per heavy atom. The third-order valence-electron chi connectivity index (χ3n) is 5.85. The van der Waals surface area contributed by atoms with E-state index in [1.807, 2.05) is 77.2 Å². The summed E-state index contributed by atoms with van der Waals surface area (Å²) in [7, 11) is 0. The molecule has 32 heavy (non-hydrogen) atoms. The van der Waals surface area contributed by atoms with Gasteiger partial charge in [-0.15, -0.1) is 0 Å². The fourth-order valence-electron chi connectivity index (χ4n) is 4.61. The quantitative estimate of drug-likeness (QED) is 0.407. The number of aromatic nitrogens is 2. The zero-order valence-electron chi connectivity index (χ0n) is 19.3. The van der Waals surface area contributed by atoms with Crippen LogP contribution in [0.1, 0.15) is 67.3 Å². The van der Waals surface area contributed by atoms with Gasteiger partial charge in [0.25, 0.3) is 0 Å². The molecule has 0 fully saturated rings. The maximum absolute atomic E-state index is 13.6. The van der Waals surface area contributed by atoms with Crippen LogP contribution in [0.15, 0.2) is 42.6 Å². The van der Waals surface area contributed by atoms with Crippen molar-refractivity contribution in [3.8, 4) is 5.75 Å². The van der Waals surface area contributed by atoms with Crippen LogP contribution >= 0.6 is 0 Å². The van der Waals surface area contributed by atoms with Crippen molar-refractivity contribution in [3.63, 3.8) is 0 Å². The minimum absolute atomic E-state index is 0.0427. The van der Waals surface area contributed by atoms with Crippen molar-refractivity contribution in [1.82, 2.24) is 9.38 Å². The summed E-state index contributed by atoms with van der Waals surface area (Å²) in [6.45, 7) is 9.87. The average Bonchev–Trinajstić information content (AvgIpc) is 3.25. The molecule has 0 aliphatic heterocycles. The molecule has 4 rings (SSSR count). The second kappa shape index (κ2) is 8.41. The predicted octanol–water partition coefficient (Wildman–Crippen LogP) is 4.91. The number of aryl methyl sites for hydroxylation is 1. The molecule has 1 aromatic carbocycles. The predicted molar refractivity (Wildman–Crippen MR) is 122 cm³/mol. The van der Waals surface area contributed by atoms with Crippen molar-refractivity contribution in [2.75, 3.05) is 6.61 Å². The lowest BCUT2D eigenvalue weighted by atomic mass is 9.87. The first kappa shape index (κ1) is 22.1. The van der Waals surface area contributed by atoms with Crippen LogP contribution in [0.25, 0.3) is 5.65 Å². The van der Waals surface area contributed by atoms with Gasteiger partial charge in [-0.3, -0.25) is 14.0 Å². The number of esters is 1. The van der Waals surface area contributed by atoms with Crippen molar-refractivity contribution in [1.29, 1.82) is 0 Å². The van der Waals surface area contributed by atoms with Crippen LogP contribution in [0, 0.1) is 12.8 Å². The summed E-state index contributed by atoms with van der Waals surface area (Å²) in [5.74, 6) is -0.253. The molecule has 0 saturated carbocycles. The number of hydrogen-bond acceptors (Lipinski definition) is 5. The third kappa shape index (κ3) is 4.14. The Kier molecular flexibility index (Phi) is 5.80. The number of carbonyl (C=O) groups is 2. The SMILES string of the molecule is CCOc1cccn2c(C(=O)C[C@H]3c4ccccc4C[C@@H]3C(=O)OC(C)(C)C)c(C)nc12. The van der Waals surface area contributed by atoms with Gasteiger partial charge in [0.2, 0.25) is 0 Å². The Morgan fingerprint density at radius 2 is 1.91 bits per heavy atom. The van der Waals surface area contributed by atoms with E-state index in [-0.39, 0.29) is 30.0 Å². The Hall–Kier alpha value is -3.15. The van der Waals surface area contributed by atoms with Crippen LogP contribution in [-0.4, -0.2) is 33.3 Å². The van der Waals surface area contributed by atoms with Gasteiger partial charge in [0.15, 0.2) is 17.2 Å². The van der Waals surface area contributed by atoms with Gasteiger partial charge in [-0.05, 0) is 64.3 Å². The first-order valence-electron chi connectivity index (χ1n) is 11.1. The van der Waals surface area contributed by atoms with E-state index >= 15 is 0 Å². The van der Waals surface area contributed by atoms with Gasteiger partial charge >= 0.3 is 5.97 Å². The highest BCUT2D eigenvalue weighted by molar-refractivity contribution is 5.97. The summed E-state index contributed by atoms with van der Waals surface area (Å²) >= 11 is 0. The molecule has 2 heterocycles. The number of fused-ring (bicyclic) bond motifs is 2. The molecule has 0 amide bonds. The van der Waals surface area contributed by atoms with E-state index in [0.29, 0.717) is 35.8 Å². The van der Waals surface area contributed by atoms with Gasteiger partial charge in [-0.2, -0.15) is 0 Å². The van der Waals surface area contributed by atoms with Crippen LogP contribution in [-0.2, 0) is 16.0 Å². The highest BCUT2D eigenvalue weighted by Crippen LogP contribution is 2.42. The van der Waals surface area contributed by atoms with Gasteiger partial charge in [0, 0.05) is 18.5 Å². The molecule has 2 aromatic heterocycles. The Morgan fingerprint density at radius 1 is 1.16 bits per heavy atom. The molecular formula is C26H30N2O4. The van der Waals surface area contributed by atoms with E-state index in [2.05, 4.69) is 4.98 Å². The van der Waals surface area contributed by atoms with E-state index in [1.165, 1.54) is 0 Å². The summed E-state index contributed by atoms with van der Waals surface area (Å²) in [4.78, 5) is 31.2. The monoisotopic (exact) mass is 434 g/mol. The number of ketones is 1. The zero-order valence-corrected chi connectivity index (χ0v) is 19.3. The number of nitrogens with zero attached hydrogens (tertiary/aromatic N) is 2. The normalized spacial score (nSPS) is 17.9. The van der Waals surface area contributed by atoms with Crippen LogP contribution in [0.4, 0.5) is 0 Å². The fourth-order valence-corrected chi connectivity index (χ4v) is 4.61. The van der Waals surface area contributed by atoms with Crippen molar-refractivity contribution in [3.05, 3.63) is 65.1 Å². The number of benzene rings is 1. The van der Waals surface area contributed by atoms with Crippen LogP contribution in [0.3, 0.4) is 0 Å². The average molecular weight is 435 g/mol. The Labute approximate surface area is 188 Å². The summed E-state index contributed by atoms with van der Waals surface area (Å²) in [6.07, 6.45) is 2.64. The summed E-state index contributed by atoms with van der Waals surface area (Å²) in [6, 6.07) is 11.7. The van der Waals surface area contributed by atoms with Gasteiger partial charge < -0.3 is 9.47 Å².